The zero-order valence-electron chi connectivity index (χ0n) is 17.1. The van der Waals surface area contributed by atoms with Crippen LogP contribution in [0.4, 0.5) is 0 Å². The number of methoxy groups -OCH3 is 3. The Morgan fingerprint density at radius 2 is 1.89 bits per heavy atom. The van der Waals surface area contributed by atoms with Gasteiger partial charge in [-0.05, 0) is 31.5 Å². The summed E-state index contributed by atoms with van der Waals surface area (Å²) in [6, 6.07) is 5.68. The molecule has 0 atom stereocenters. The Morgan fingerprint density at radius 3 is 2.54 bits per heavy atom. The molecule has 0 radical (unpaired) electrons. The molecule has 1 aromatic heterocycles. The van der Waals surface area contributed by atoms with E-state index in [0.29, 0.717) is 37.2 Å². The average Bonchev–Trinajstić information content (AvgIpc) is 2.95. The molecular formula is C19H30IN5O3. The van der Waals surface area contributed by atoms with Crippen molar-refractivity contribution in [1.82, 2.24) is 15.1 Å². The molecule has 0 saturated heterocycles. The Bertz CT molecular complexity index is 792. The lowest BCUT2D eigenvalue weighted by Gasteiger charge is -2.09. The Labute approximate surface area is 183 Å². The fourth-order valence-corrected chi connectivity index (χ4v) is 2.78. The van der Waals surface area contributed by atoms with Gasteiger partial charge in [-0.25, -0.2) is 4.99 Å². The molecule has 0 spiro atoms. The van der Waals surface area contributed by atoms with Crippen molar-refractivity contribution in [1.29, 1.82) is 0 Å². The van der Waals surface area contributed by atoms with Crippen molar-refractivity contribution in [2.24, 2.45) is 10.7 Å². The number of halogens is 1. The maximum atomic E-state index is 6.02. The van der Waals surface area contributed by atoms with Gasteiger partial charge in [0, 0.05) is 24.9 Å². The second-order valence-corrected chi connectivity index (χ2v) is 6.11. The Kier molecular flexibility index (Phi) is 10.1. The van der Waals surface area contributed by atoms with Crippen molar-refractivity contribution in [3.8, 4) is 11.5 Å². The summed E-state index contributed by atoms with van der Waals surface area (Å²) in [6.45, 7) is 6.42. The third-order valence-electron chi connectivity index (χ3n) is 4.36. The van der Waals surface area contributed by atoms with Crippen LogP contribution in [0, 0.1) is 13.8 Å². The van der Waals surface area contributed by atoms with E-state index < -0.39 is 0 Å². The van der Waals surface area contributed by atoms with E-state index in [2.05, 4.69) is 15.4 Å². The van der Waals surface area contributed by atoms with Gasteiger partial charge in [0.25, 0.3) is 0 Å². The number of aliphatic imine (C=N–C) groups is 1. The van der Waals surface area contributed by atoms with Gasteiger partial charge in [0.15, 0.2) is 17.5 Å². The van der Waals surface area contributed by atoms with Gasteiger partial charge < -0.3 is 25.3 Å². The zero-order valence-corrected chi connectivity index (χ0v) is 19.4. The van der Waals surface area contributed by atoms with Crippen LogP contribution in [-0.2, 0) is 24.4 Å². The number of aromatic nitrogens is 2. The summed E-state index contributed by atoms with van der Waals surface area (Å²) in [5, 5.41) is 7.70. The third kappa shape index (κ3) is 6.26. The van der Waals surface area contributed by atoms with Crippen LogP contribution in [0.1, 0.15) is 22.5 Å². The molecule has 0 aliphatic rings. The molecule has 0 fully saturated rings. The Hall–Kier alpha value is -2.01. The van der Waals surface area contributed by atoms with Crippen molar-refractivity contribution >= 4 is 29.9 Å². The van der Waals surface area contributed by atoms with Gasteiger partial charge in [-0.3, -0.25) is 4.68 Å². The summed E-state index contributed by atoms with van der Waals surface area (Å²) in [4.78, 5) is 4.40. The summed E-state index contributed by atoms with van der Waals surface area (Å²) in [5.41, 5.74) is 10.2. The maximum absolute atomic E-state index is 6.02. The fraction of sp³-hybridized carbons (Fsp3) is 0.474. The number of nitrogens with zero attached hydrogens (tertiary/aromatic N) is 3. The van der Waals surface area contributed by atoms with Crippen LogP contribution >= 0.6 is 24.0 Å². The monoisotopic (exact) mass is 503 g/mol. The number of ether oxygens (including phenoxy) is 3. The van der Waals surface area contributed by atoms with Gasteiger partial charge in [0.05, 0.1) is 39.6 Å². The van der Waals surface area contributed by atoms with Crippen LogP contribution in [0.25, 0.3) is 0 Å². The molecule has 8 nitrogen and oxygen atoms in total. The minimum Gasteiger partial charge on any atom is -0.493 e. The predicted molar refractivity (Wildman–Crippen MR) is 121 cm³/mol. The molecular weight excluding hydrogens is 473 g/mol. The molecule has 28 heavy (non-hydrogen) atoms. The molecule has 3 N–H and O–H groups in total. The highest BCUT2D eigenvalue weighted by Gasteiger charge is 2.11. The van der Waals surface area contributed by atoms with Crippen LogP contribution in [-0.4, -0.2) is 43.7 Å². The average molecular weight is 503 g/mol. The first-order valence-corrected chi connectivity index (χ1v) is 8.76. The number of hydrogen-bond donors (Lipinski definition) is 2. The third-order valence-corrected chi connectivity index (χ3v) is 4.36. The SMILES string of the molecule is COCCn1nc(C)c(CNC(N)=NCc2ccc(OC)c(OC)c2)c1C.I. The number of guanidine groups is 1. The summed E-state index contributed by atoms with van der Waals surface area (Å²) >= 11 is 0. The zero-order chi connectivity index (χ0) is 19.8. The van der Waals surface area contributed by atoms with Gasteiger partial charge in [-0.2, -0.15) is 5.10 Å². The lowest BCUT2D eigenvalue weighted by Crippen LogP contribution is -2.31. The van der Waals surface area contributed by atoms with Crippen molar-refractivity contribution in [3.05, 3.63) is 40.7 Å². The molecule has 9 heteroatoms. The van der Waals surface area contributed by atoms with E-state index >= 15 is 0 Å². The van der Waals surface area contributed by atoms with E-state index in [9.17, 15) is 0 Å². The standard InChI is InChI=1S/C19H29N5O3.HI/c1-13-16(14(2)24(23-13)8-9-25-3)12-22-19(20)21-11-15-6-7-17(26-4)18(10-15)27-5;/h6-7,10H,8-9,11-12H2,1-5H3,(H3,20,21,22);1H. The summed E-state index contributed by atoms with van der Waals surface area (Å²) in [7, 11) is 4.90. The minimum absolute atomic E-state index is 0. The molecule has 0 aliphatic carbocycles. The number of benzene rings is 1. The molecule has 0 saturated carbocycles. The fourth-order valence-electron chi connectivity index (χ4n) is 2.78. The van der Waals surface area contributed by atoms with Gasteiger partial charge in [0.2, 0.25) is 0 Å². The normalized spacial score (nSPS) is 11.1. The van der Waals surface area contributed by atoms with Crippen molar-refractivity contribution in [2.45, 2.75) is 33.5 Å². The Balaban J connectivity index is 0.00000392. The Morgan fingerprint density at radius 1 is 1.18 bits per heavy atom. The number of nitrogens with one attached hydrogen (secondary N) is 1. The van der Waals surface area contributed by atoms with Crippen molar-refractivity contribution in [2.75, 3.05) is 27.9 Å². The van der Waals surface area contributed by atoms with Crippen molar-refractivity contribution in [3.63, 3.8) is 0 Å². The van der Waals surface area contributed by atoms with Crippen LogP contribution in [0.5, 0.6) is 11.5 Å². The molecule has 0 unspecified atom stereocenters. The first kappa shape index (κ1) is 24.0. The topological polar surface area (TPSA) is 95.9 Å². The first-order valence-electron chi connectivity index (χ1n) is 8.76. The van der Waals surface area contributed by atoms with Gasteiger partial charge >= 0.3 is 0 Å². The number of aryl methyl sites for hydroxylation is 1. The molecule has 0 amide bonds. The van der Waals surface area contributed by atoms with E-state index in [1.165, 1.54) is 0 Å². The summed E-state index contributed by atoms with van der Waals surface area (Å²) in [6.07, 6.45) is 0. The molecule has 0 bridgehead atoms. The molecule has 1 aromatic carbocycles. The van der Waals surface area contributed by atoms with Crippen molar-refractivity contribution < 1.29 is 14.2 Å². The molecule has 1 heterocycles. The lowest BCUT2D eigenvalue weighted by molar-refractivity contribution is 0.182. The van der Waals surface area contributed by atoms with Crippen LogP contribution < -0.4 is 20.5 Å². The van der Waals surface area contributed by atoms with E-state index in [1.807, 2.05) is 36.7 Å². The highest BCUT2D eigenvalue weighted by molar-refractivity contribution is 14.0. The molecule has 2 rings (SSSR count). The number of rotatable bonds is 9. The quantitative estimate of drug-likeness (QED) is 0.310. The summed E-state index contributed by atoms with van der Waals surface area (Å²) < 4.78 is 17.6. The largest absolute Gasteiger partial charge is 0.493 e. The molecule has 2 aromatic rings. The second kappa shape index (κ2) is 11.7. The number of hydrogen-bond acceptors (Lipinski definition) is 5. The van der Waals surface area contributed by atoms with Gasteiger partial charge in [-0.1, -0.05) is 6.07 Å². The van der Waals surface area contributed by atoms with Crippen LogP contribution in [0.2, 0.25) is 0 Å². The van der Waals surface area contributed by atoms with Gasteiger partial charge in [0.1, 0.15) is 0 Å². The highest BCUT2D eigenvalue weighted by atomic mass is 127. The van der Waals surface area contributed by atoms with E-state index in [-0.39, 0.29) is 24.0 Å². The van der Waals surface area contributed by atoms with Crippen LogP contribution in [0.3, 0.4) is 0 Å². The van der Waals surface area contributed by atoms with E-state index in [1.54, 1.807) is 21.3 Å². The van der Waals surface area contributed by atoms with E-state index in [0.717, 1.165) is 29.1 Å². The molecule has 0 aliphatic heterocycles. The molecule has 156 valence electrons. The maximum Gasteiger partial charge on any atom is 0.189 e. The minimum atomic E-state index is 0. The lowest BCUT2D eigenvalue weighted by atomic mass is 10.2. The first-order chi connectivity index (χ1) is 13.0. The highest BCUT2D eigenvalue weighted by Crippen LogP contribution is 2.27. The predicted octanol–water partition coefficient (Wildman–Crippen LogP) is 2.39. The van der Waals surface area contributed by atoms with Gasteiger partial charge in [-0.15, -0.1) is 24.0 Å². The smallest absolute Gasteiger partial charge is 0.189 e. The number of nitrogens with two attached hydrogens (primary N) is 1. The van der Waals surface area contributed by atoms with Crippen LogP contribution in [0.15, 0.2) is 23.2 Å². The second-order valence-electron chi connectivity index (χ2n) is 6.11. The summed E-state index contributed by atoms with van der Waals surface area (Å²) in [5.74, 6) is 1.74. The van der Waals surface area contributed by atoms with E-state index in [4.69, 9.17) is 19.9 Å².